The maximum atomic E-state index is 12.1. The lowest BCUT2D eigenvalue weighted by Crippen LogP contribution is -2.45. The van der Waals surface area contributed by atoms with Crippen LogP contribution in [-0.2, 0) is 4.79 Å². The molecule has 0 aromatic heterocycles. The van der Waals surface area contributed by atoms with Gasteiger partial charge < -0.3 is 15.4 Å². The highest BCUT2D eigenvalue weighted by molar-refractivity contribution is 5.96. The van der Waals surface area contributed by atoms with Crippen LogP contribution in [-0.4, -0.2) is 42.8 Å². The van der Waals surface area contributed by atoms with Crippen LogP contribution in [0.2, 0.25) is 0 Å². The van der Waals surface area contributed by atoms with E-state index in [2.05, 4.69) is 0 Å². The molecule has 1 fully saturated rings. The van der Waals surface area contributed by atoms with Gasteiger partial charge in [0.2, 0.25) is 5.91 Å². The summed E-state index contributed by atoms with van der Waals surface area (Å²) in [5, 5.41) is 0. The highest BCUT2D eigenvalue weighted by Crippen LogP contribution is 2.15. The van der Waals surface area contributed by atoms with Gasteiger partial charge in [-0.3, -0.25) is 9.59 Å². The maximum absolute atomic E-state index is 12.1. The van der Waals surface area contributed by atoms with Crippen molar-refractivity contribution in [2.45, 2.75) is 38.1 Å². The smallest absolute Gasteiger partial charge is 0.222 e. The van der Waals surface area contributed by atoms with Crippen LogP contribution in [0.15, 0.2) is 24.3 Å². The Balaban J connectivity index is 0.00000264. The topological polar surface area (TPSA) is 72.6 Å². The lowest BCUT2D eigenvalue weighted by atomic mass is 10.0. The largest absolute Gasteiger partial charge is 0.497 e. The number of carbonyl (C=O) groups excluding carboxylic acids is 2. The van der Waals surface area contributed by atoms with E-state index in [0.717, 1.165) is 25.1 Å². The van der Waals surface area contributed by atoms with Gasteiger partial charge in [0, 0.05) is 37.5 Å². The van der Waals surface area contributed by atoms with Crippen LogP contribution < -0.4 is 10.5 Å². The van der Waals surface area contributed by atoms with Crippen molar-refractivity contribution < 1.29 is 14.3 Å². The third-order valence-corrected chi connectivity index (χ3v) is 4.02. The average Bonchev–Trinajstić information content (AvgIpc) is 2.54. The molecule has 1 atom stereocenters. The van der Waals surface area contributed by atoms with Crippen molar-refractivity contribution in [1.82, 2.24) is 4.90 Å². The molecule has 0 radical (unpaired) electrons. The summed E-state index contributed by atoms with van der Waals surface area (Å²) in [6.45, 7) is 1.43. The van der Waals surface area contributed by atoms with Crippen LogP contribution in [0, 0.1) is 0 Å². The number of Topliss-reactive ketones (excluding diaryl/α,β-unsaturated/α-hetero) is 1. The first-order chi connectivity index (χ1) is 10.6. The Morgan fingerprint density at radius 3 is 2.57 bits per heavy atom. The Labute approximate surface area is 143 Å². The van der Waals surface area contributed by atoms with Crippen molar-refractivity contribution in [3.8, 4) is 5.75 Å². The van der Waals surface area contributed by atoms with E-state index in [1.807, 2.05) is 4.90 Å². The van der Waals surface area contributed by atoms with Crippen molar-refractivity contribution in [3.63, 3.8) is 0 Å². The first-order valence-electron chi connectivity index (χ1n) is 7.80. The second-order valence-electron chi connectivity index (χ2n) is 5.75. The third-order valence-electron chi connectivity index (χ3n) is 4.02. The van der Waals surface area contributed by atoms with E-state index in [0.29, 0.717) is 31.4 Å². The maximum Gasteiger partial charge on any atom is 0.222 e. The van der Waals surface area contributed by atoms with Gasteiger partial charge in [-0.15, -0.1) is 12.4 Å². The number of benzene rings is 1. The molecular formula is C17H25ClN2O3. The Kier molecular flexibility index (Phi) is 8.06. The van der Waals surface area contributed by atoms with Crippen LogP contribution in [0.5, 0.6) is 5.75 Å². The monoisotopic (exact) mass is 340 g/mol. The molecule has 0 saturated carbocycles. The second-order valence-corrected chi connectivity index (χ2v) is 5.75. The van der Waals surface area contributed by atoms with Crippen molar-refractivity contribution >= 4 is 24.1 Å². The number of ketones is 1. The summed E-state index contributed by atoms with van der Waals surface area (Å²) in [6, 6.07) is 7.15. The Bertz CT molecular complexity index is 519. The van der Waals surface area contributed by atoms with E-state index in [4.69, 9.17) is 10.5 Å². The van der Waals surface area contributed by atoms with E-state index in [1.54, 1.807) is 31.4 Å². The number of hydrogen-bond acceptors (Lipinski definition) is 4. The molecule has 1 amide bonds. The van der Waals surface area contributed by atoms with Crippen molar-refractivity contribution in [2.24, 2.45) is 5.73 Å². The first-order valence-corrected chi connectivity index (χ1v) is 7.80. The molecule has 5 nitrogen and oxygen atoms in total. The number of methoxy groups -OCH3 is 1. The minimum absolute atomic E-state index is 0. The number of amides is 1. The van der Waals surface area contributed by atoms with Crippen molar-refractivity contribution in [1.29, 1.82) is 0 Å². The molecule has 1 aliphatic rings. The van der Waals surface area contributed by atoms with Gasteiger partial charge in [0.05, 0.1) is 7.11 Å². The predicted molar refractivity (Wildman–Crippen MR) is 92.2 cm³/mol. The number of nitrogens with two attached hydrogens (primary N) is 1. The van der Waals surface area contributed by atoms with Gasteiger partial charge in [-0.2, -0.15) is 0 Å². The van der Waals surface area contributed by atoms with E-state index in [9.17, 15) is 9.59 Å². The van der Waals surface area contributed by atoms with E-state index in [1.165, 1.54) is 0 Å². The minimum Gasteiger partial charge on any atom is -0.497 e. The fraction of sp³-hybridized carbons (Fsp3) is 0.529. The second kappa shape index (κ2) is 9.53. The van der Waals surface area contributed by atoms with Crippen LogP contribution in [0.25, 0.3) is 0 Å². The van der Waals surface area contributed by atoms with Gasteiger partial charge in [-0.05, 0) is 43.5 Å². The summed E-state index contributed by atoms with van der Waals surface area (Å²) in [4.78, 5) is 26.0. The average molecular weight is 341 g/mol. The van der Waals surface area contributed by atoms with E-state index >= 15 is 0 Å². The van der Waals surface area contributed by atoms with E-state index in [-0.39, 0.29) is 30.1 Å². The van der Waals surface area contributed by atoms with Gasteiger partial charge in [-0.1, -0.05) is 0 Å². The number of likely N-dealkylation sites (tertiary alicyclic amines) is 1. The molecule has 0 spiro atoms. The molecule has 128 valence electrons. The summed E-state index contributed by atoms with van der Waals surface area (Å²) >= 11 is 0. The molecule has 23 heavy (non-hydrogen) atoms. The molecule has 1 aromatic carbocycles. The molecule has 1 aliphatic heterocycles. The highest BCUT2D eigenvalue weighted by Gasteiger charge is 2.20. The minimum atomic E-state index is 0. The number of halogens is 1. The molecule has 1 aromatic rings. The number of piperidine rings is 1. The quantitative estimate of drug-likeness (QED) is 0.807. The zero-order valence-electron chi connectivity index (χ0n) is 13.5. The molecule has 2 rings (SSSR count). The number of carbonyl (C=O) groups is 2. The SMILES string of the molecule is COc1ccc(C(=O)CCCC(=O)N2CCCC(N)C2)cc1.Cl. The summed E-state index contributed by atoms with van der Waals surface area (Å²) in [5.74, 6) is 0.900. The van der Waals surface area contributed by atoms with Gasteiger partial charge in [0.15, 0.2) is 5.78 Å². The standard InChI is InChI=1S/C17H24N2O3.ClH/c1-22-15-9-7-13(8-10-15)16(20)5-2-6-17(21)19-11-3-4-14(18)12-19;/h7-10,14H,2-6,11-12,18H2,1H3;1H. The molecule has 1 saturated heterocycles. The van der Waals surface area contributed by atoms with Crippen LogP contribution in [0.1, 0.15) is 42.5 Å². The molecule has 0 aliphatic carbocycles. The van der Waals surface area contributed by atoms with E-state index < -0.39 is 0 Å². The van der Waals surface area contributed by atoms with Gasteiger partial charge in [0.25, 0.3) is 0 Å². The lowest BCUT2D eigenvalue weighted by molar-refractivity contribution is -0.132. The fourth-order valence-electron chi connectivity index (χ4n) is 2.72. The fourth-order valence-corrected chi connectivity index (χ4v) is 2.72. The summed E-state index contributed by atoms with van der Waals surface area (Å²) < 4.78 is 5.07. The molecule has 1 unspecified atom stereocenters. The zero-order valence-corrected chi connectivity index (χ0v) is 14.3. The molecule has 1 heterocycles. The molecule has 2 N–H and O–H groups in total. The highest BCUT2D eigenvalue weighted by atomic mass is 35.5. The van der Waals surface area contributed by atoms with Crippen LogP contribution >= 0.6 is 12.4 Å². The summed E-state index contributed by atoms with van der Waals surface area (Å²) in [7, 11) is 1.59. The van der Waals surface area contributed by atoms with Gasteiger partial charge >= 0.3 is 0 Å². The van der Waals surface area contributed by atoms with Crippen molar-refractivity contribution in [3.05, 3.63) is 29.8 Å². The Hall–Kier alpha value is -1.59. The van der Waals surface area contributed by atoms with Crippen molar-refractivity contribution in [2.75, 3.05) is 20.2 Å². The first kappa shape index (κ1) is 19.5. The van der Waals surface area contributed by atoms with Gasteiger partial charge in [-0.25, -0.2) is 0 Å². The summed E-state index contributed by atoms with van der Waals surface area (Å²) in [5.41, 5.74) is 6.54. The molecule has 0 bridgehead atoms. The molecular weight excluding hydrogens is 316 g/mol. The zero-order chi connectivity index (χ0) is 15.9. The number of ether oxygens (including phenoxy) is 1. The number of hydrogen-bond donors (Lipinski definition) is 1. The van der Waals surface area contributed by atoms with Crippen LogP contribution in [0.3, 0.4) is 0 Å². The Morgan fingerprint density at radius 1 is 1.26 bits per heavy atom. The summed E-state index contributed by atoms with van der Waals surface area (Å²) in [6.07, 6.45) is 3.33. The normalized spacial score (nSPS) is 17.3. The lowest BCUT2D eigenvalue weighted by Gasteiger charge is -2.30. The van der Waals surface area contributed by atoms with Gasteiger partial charge in [0.1, 0.15) is 5.75 Å². The van der Waals surface area contributed by atoms with Crippen LogP contribution in [0.4, 0.5) is 0 Å². The Morgan fingerprint density at radius 2 is 1.96 bits per heavy atom. The number of rotatable bonds is 6. The third kappa shape index (κ3) is 5.84. The molecule has 6 heteroatoms. The predicted octanol–water partition coefficient (Wildman–Crippen LogP) is 2.42. The number of nitrogens with zero attached hydrogens (tertiary/aromatic N) is 1.